The van der Waals surface area contributed by atoms with E-state index in [1.54, 1.807) is 6.08 Å². The van der Waals surface area contributed by atoms with Crippen molar-refractivity contribution in [1.82, 2.24) is 4.90 Å². The number of aliphatic imine (C=N–C) groups is 1. The molecule has 0 fully saturated rings. The largest absolute Gasteiger partial charge is 0.385 e. The van der Waals surface area contributed by atoms with E-state index in [2.05, 4.69) is 4.99 Å². The Labute approximate surface area is 53.8 Å². The quantitative estimate of drug-likeness (QED) is 0.439. The Hall–Kier alpha value is -1.19. The first-order chi connectivity index (χ1) is 4.20. The van der Waals surface area contributed by atoms with E-state index in [0.717, 1.165) is 0 Å². The van der Waals surface area contributed by atoms with Crippen LogP contribution in [0.4, 0.5) is 0 Å². The van der Waals surface area contributed by atoms with Gasteiger partial charge >= 0.3 is 0 Å². The lowest BCUT2D eigenvalue weighted by atomic mass is 10.4. The summed E-state index contributed by atoms with van der Waals surface area (Å²) in [6.45, 7) is 0.564. The highest BCUT2D eigenvalue weighted by Gasteiger charge is 2.03. The standard InChI is InChI=1S/C5H10N4/c1-9-3-8-4(6)2-5(9)7/h2H,3,7H2,1H3,(H2,6,8). The summed E-state index contributed by atoms with van der Waals surface area (Å²) in [6, 6.07) is 0. The lowest BCUT2D eigenvalue weighted by Crippen LogP contribution is -2.30. The molecule has 0 spiro atoms. The van der Waals surface area contributed by atoms with Crippen LogP contribution in [0.1, 0.15) is 0 Å². The number of hydrogen-bond donors (Lipinski definition) is 2. The predicted octanol–water partition coefficient (Wildman–Crippen LogP) is -0.953. The molecule has 50 valence electrons. The van der Waals surface area contributed by atoms with Crippen molar-refractivity contribution in [2.45, 2.75) is 0 Å². The van der Waals surface area contributed by atoms with E-state index in [1.807, 2.05) is 11.9 Å². The van der Waals surface area contributed by atoms with Gasteiger partial charge in [-0.2, -0.15) is 0 Å². The van der Waals surface area contributed by atoms with Crippen molar-refractivity contribution >= 4 is 5.84 Å². The molecule has 4 N–H and O–H groups in total. The smallest absolute Gasteiger partial charge is 0.123 e. The minimum atomic E-state index is 0.505. The van der Waals surface area contributed by atoms with E-state index in [-0.39, 0.29) is 0 Å². The summed E-state index contributed by atoms with van der Waals surface area (Å²) in [5.41, 5.74) is 10.8. The summed E-state index contributed by atoms with van der Waals surface area (Å²) in [6.07, 6.45) is 1.64. The Kier molecular flexibility index (Phi) is 1.30. The van der Waals surface area contributed by atoms with Crippen LogP contribution in [-0.4, -0.2) is 24.5 Å². The zero-order valence-corrected chi connectivity index (χ0v) is 5.33. The van der Waals surface area contributed by atoms with Gasteiger partial charge in [0, 0.05) is 13.1 Å². The highest BCUT2D eigenvalue weighted by atomic mass is 15.2. The van der Waals surface area contributed by atoms with Crippen molar-refractivity contribution < 1.29 is 0 Å². The van der Waals surface area contributed by atoms with Crippen LogP contribution in [0.15, 0.2) is 16.9 Å². The molecule has 1 rings (SSSR count). The maximum Gasteiger partial charge on any atom is 0.123 e. The highest BCUT2D eigenvalue weighted by Crippen LogP contribution is 1.97. The van der Waals surface area contributed by atoms with Crippen LogP contribution in [0, 0.1) is 0 Å². The van der Waals surface area contributed by atoms with Crippen LogP contribution in [0.25, 0.3) is 0 Å². The van der Waals surface area contributed by atoms with Crippen molar-refractivity contribution in [1.29, 1.82) is 0 Å². The van der Waals surface area contributed by atoms with Gasteiger partial charge in [0.25, 0.3) is 0 Å². The van der Waals surface area contributed by atoms with Crippen molar-refractivity contribution in [3.8, 4) is 0 Å². The highest BCUT2D eigenvalue weighted by molar-refractivity contribution is 5.92. The first-order valence-corrected chi connectivity index (χ1v) is 2.68. The average molecular weight is 126 g/mol. The molecule has 1 aliphatic heterocycles. The summed E-state index contributed by atoms with van der Waals surface area (Å²) in [7, 11) is 1.86. The Morgan fingerprint density at radius 1 is 1.67 bits per heavy atom. The van der Waals surface area contributed by atoms with Crippen molar-refractivity contribution in [3.63, 3.8) is 0 Å². The van der Waals surface area contributed by atoms with Gasteiger partial charge in [0.2, 0.25) is 0 Å². The van der Waals surface area contributed by atoms with Gasteiger partial charge in [0.15, 0.2) is 0 Å². The van der Waals surface area contributed by atoms with Crippen LogP contribution < -0.4 is 11.5 Å². The number of rotatable bonds is 0. The lowest BCUT2D eigenvalue weighted by molar-refractivity contribution is 0.422. The molecule has 1 heterocycles. The molecule has 9 heavy (non-hydrogen) atoms. The van der Waals surface area contributed by atoms with Gasteiger partial charge in [0.05, 0.1) is 0 Å². The molecule has 0 radical (unpaired) electrons. The fourth-order valence-electron chi connectivity index (χ4n) is 0.577. The second-order valence-corrected chi connectivity index (χ2v) is 1.99. The van der Waals surface area contributed by atoms with Crippen molar-refractivity contribution in [2.75, 3.05) is 13.7 Å². The Morgan fingerprint density at radius 2 is 2.33 bits per heavy atom. The minimum Gasteiger partial charge on any atom is -0.385 e. The van der Waals surface area contributed by atoms with E-state index < -0.39 is 0 Å². The van der Waals surface area contributed by atoms with Crippen molar-refractivity contribution in [3.05, 3.63) is 11.9 Å². The van der Waals surface area contributed by atoms with Crippen molar-refractivity contribution in [2.24, 2.45) is 16.5 Å². The fraction of sp³-hybridized carbons (Fsp3) is 0.400. The topological polar surface area (TPSA) is 67.6 Å². The summed E-state index contributed by atoms with van der Waals surface area (Å²) in [5.74, 6) is 1.17. The van der Waals surface area contributed by atoms with Crippen LogP contribution >= 0.6 is 0 Å². The normalized spacial score (nSPS) is 19.0. The first kappa shape index (κ1) is 5.94. The molecule has 1 aliphatic rings. The summed E-state index contributed by atoms with van der Waals surface area (Å²) < 4.78 is 0. The summed E-state index contributed by atoms with van der Waals surface area (Å²) in [4.78, 5) is 5.74. The van der Waals surface area contributed by atoms with Crippen LogP contribution in [-0.2, 0) is 0 Å². The van der Waals surface area contributed by atoms with Gasteiger partial charge < -0.3 is 16.4 Å². The predicted molar refractivity (Wildman–Crippen MR) is 36.5 cm³/mol. The average Bonchev–Trinajstić information content (AvgIpc) is 1.80. The molecule has 0 aromatic carbocycles. The SMILES string of the molecule is CN1CN=C(N)C=C1N. The zero-order chi connectivity index (χ0) is 6.85. The second kappa shape index (κ2) is 1.97. The fourth-order valence-corrected chi connectivity index (χ4v) is 0.577. The van der Waals surface area contributed by atoms with Gasteiger partial charge in [-0.15, -0.1) is 0 Å². The maximum atomic E-state index is 5.49. The van der Waals surface area contributed by atoms with Gasteiger partial charge in [-0.05, 0) is 0 Å². The number of amidine groups is 1. The van der Waals surface area contributed by atoms with E-state index in [4.69, 9.17) is 11.5 Å². The molecule has 4 nitrogen and oxygen atoms in total. The molecule has 4 heteroatoms. The van der Waals surface area contributed by atoms with Crippen LogP contribution in [0.3, 0.4) is 0 Å². The molecular formula is C5H10N4. The zero-order valence-electron chi connectivity index (χ0n) is 5.33. The first-order valence-electron chi connectivity index (χ1n) is 2.68. The van der Waals surface area contributed by atoms with Gasteiger partial charge in [-0.1, -0.05) is 0 Å². The summed E-state index contributed by atoms with van der Waals surface area (Å²) >= 11 is 0. The molecule has 0 unspecified atom stereocenters. The Balaban J connectivity index is 2.74. The monoisotopic (exact) mass is 126 g/mol. The molecule has 0 atom stereocenters. The van der Waals surface area contributed by atoms with E-state index in [0.29, 0.717) is 18.3 Å². The number of nitrogens with zero attached hydrogens (tertiary/aromatic N) is 2. The molecule has 0 saturated heterocycles. The number of hydrogen-bond acceptors (Lipinski definition) is 4. The molecule has 0 bridgehead atoms. The Bertz CT molecular complexity index is 170. The van der Waals surface area contributed by atoms with E-state index in [1.165, 1.54) is 0 Å². The third-order valence-electron chi connectivity index (χ3n) is 1.20. The molecule has 0 aromatic heterocycles. The molecule has 0 saturated carbocycles. The Morgan fingerprint density at radius 3 is 2.78 bits per heavy atom. The van der Waals surface area contributed by atoms with Gasteiger partial charge in [-0.25, -0.2) is 4.99 Å². The minimum absolute atomic E-state index is 0.505. The summed E-state index contributed by atoms with van der Waals surface area (Å²) in [5, 5.41) is 0. The molecule has 0 aliphatic carbocycles. The van der Waals surface area contributed by atoms with Gasteiger partial charge in [0.1, 0.15) is 18.3 Å². The molecular weight excluding hydrogens is 116 g/mol. The van der Waals surface area contributed by atoms with E-state index >= 15 is 0 Å². The van der Waals surface area contributed by atoms with Gasteiger partial charge in [-0.3, -0.25) is 0 Å². The third-order valence-corrected chi connectivity index (χ3v) is 1.20. The molecule has 0 aromatic rings. The maximum absolute atomic E-state index is 5.49. The second-order valence-electron chi connectivity index (χ2n) is 1.99. The van der Waals surface area contributed by atoms with Crippen LogP contribution in [0.5, 0.6) is 0 Å². The van der Waals surface area contributed by atoms with E-state index in [9.17, 15) is 0 Å². The van der Waals surface area contributed by atoms with Crippen LogP contribution in [0.2, 0.25) is 0 Å². The lowest BCUT2D eigenvalue weighted by Gasteiger charge is -2.19. The molecule has 0 amide bonds. The third kappa shape index (κ3) is 1.13. The number of nitrogens with two attached hydrogens (primary N) is 2.